The summed E-state index contributed by atoms with van der Waals surface area (Å²) in [6.45, 7) is 4.65. The van der Waals surface area contributed by atoms with Crippen molar-refractivity contribution in [2.24, 2.45) is 0 Å². The second-order valence-electron chi connectivity index (χ2n) is 6.78. The first-order valence-electron chi connectivity index (χ1n) is 9.85. The van der Waals surface area contributed by atoms with E-state index in [9.17, 15) is 13.5 Å². The largest absolute Gasteiger partial charge is 0.492 e. The molecule has 164 valence electrons. The number of ether oxygens (including phenoxy) is 1. The van der Waals surface area contributed by atoms with Crippen LogP contribution in [0.25, 0.3) is 0 Å². The summed E-state index contributed by atoms with van der Waals surface area (Å²) in [6, 6.07) is 12.0. The van der Waals surface area contributed by atoms with Gasteiger partial charge in [-0.15, -0.1) is 0 Å². The summed E-state index contributed by atoms with van der Waals surface area (Å²) < 4.78 is 31.5. The van der Waals surface area contributed by atoms with Crippen molar-refractivity contribution in [2.45, 2.75) is 26.4 Å². The van der Waals surface area contributed by atoms with Gasteiger partial charge in [-0.05, 0) is 43.2 Å². The molecule has 0 spiro atoms. The Morgan fingerprint density at radius 2 is 2.00 bits per heavy atom. The Balaban J connectivity index is 1.79. The van der Waals surface area contributed by atoms with Gasteiger partial charge in [-0.2, -0.15) is 0 Å². The number of nitrogens with one attached hydrogen (secondary N) is 3. The number of aliphatic hydroxyl groups excluding tert-OH is 1. The summed E-state index contributed by atoms with van der Waals surface area (Å²) in [5.41, 5.74) is 8.74. The van der Waals surface area contributed by atoms with Crippen LogP contribution in [-0.4, -0.2) is 44.7 Å². The molecule has 0 heterocycles. The van der Waals surface area contributed by atoms with Crippen LogP contribution in [0.5, 0.6) is 5.75 Å². The minimum atomic E-state index is -3.36. The third kappa shape index (κ3) is 7.01. The Morgan fingerprint density at radius 1 is 1.23 bits per heavy atom. The van der Waals surface area contributed by atoms with Crippen molar-refractivity contribution in [3.8, 4) is 5.75 Å². The number of aliphatic hydroxyl groups is 1. The van der Waals surface area contributed by atoms with Crippen molar-refractivity contribution in [1.82, 2.24) is 5.32 Å². The molecule has 0 saturated heterocycles. The lowest BCUT2D eigenvalue weighted by Crippen LogP contribution is -2.26. The van der Waals surface area contributed by atoms with Gasteiger partial charge in [0.2, 0.25) is 10.0 Å². The van der Waals surface area contributed by atoms with Crippen LogP contribution in [-0.2, 0) is 10.0 Å². The molecule has 2 aromatic rings. The topological polar surface area (TPSA) is 138 Å². The van der Waals surface area contributed by atoms with Crippen molar-refractivity contribution in [3.05, 3.63) is 53.6 Å². The molecule has 2 rings (SSSR count). The number of anilines is 2. The Kier molecular flexibility index (Phi) is 8.64. The molecule has 0 unspecified atom stereocenters. The predicted octanol–water partition coefficient (Wildman–Crippen LogP) is 2.51. The quantitative estimate of drug-likeness (QED) is 0.198. The average Bonchev–Trinajstić information content (AvgIpc) is 2.72. The first-order valence-corrected chi connectivity index (χ1v) is 11.5. The zero-order chi connectivity index (χ0) is 22.1. The van der Waals surface area contributed by atoms with Crippen LogP contribution in [0.3, 0.4) is 0 Å². The number of hydrogen-bond donors (Lipinski definition) is 5. The fourth-order valence-electron chi connectivity index (χ4n) is 2.75. The standard InChI is InChI=1S/C21H30N4O4S/c1-3-19(22)18-9-8-17(13-20(18)23)29-11-10-24-14-21(26)15-6-5-7-16(12-15)25-30(27,28)4-2/h5-9,12-13,21-22,24-26H,3-4,10-11,14,23H2,1-2H3/t21-/m0/s1. The van der Waals surface area contributed by atoms with E-state index in [0.717, 1.165) is 5.56 Å². The molecule has 0 saturated carbocycles. The zero-order valence-electron chi connectivity index (χ0n) is 17.3. The van der Waals surface area contributed by atoms with Gasteiger partial charge >= 0.3 is 0 Å². The molecule has 6 N–H and O–H groups in total. The molecule has 0 amide bonds. The molecule has 8 nitrogen and oxygen atoms in total. The van der Waals surface area contributed by atoms with Crippen molar-refractivity contribution < 1.29 is 18.3 Å². The van der Waals surface area contributed by atoms with E-state index >= 15 is 0 Å². The monoisotopic (exact) mass is 434 g/mol. The van der Waals surface area contributed by atoms with Crippen LogP contribution in [0.4, 0.5) is 11.4 Å². The van der Waals surface area contributed by atoms with Gasteiger partial charge in [0.05, 0.1) is 11.9 Å². The molecule has 0 bridgehead atoms. The minimum absolute atomic E-state index is 0.0170. The van der Waals surface area contributed by atoms with Gasteiger partial charge in [0.15, 0.2) is 0 Å². The molecule has 9 heteroatoms. The molecule has 2 aromatic carbocycles. The summed E-state index contributed by atoms with van der Waals surface area (Å²) in [7, 11) is -3.36. The fraction of sp³-hybridized carbons (Fsp3) is 0.381. The number of nitrogens with two attached hydrogens (primary N) is 1. The van der Waals surface area contributed by atoms with Crippen LogP contribution < -0.4 is 20.5 Å². The lowest BCUT2D eigenvalue weighted by atomic mass is 10.1. The molecule has 30 heavy (non-hydrogen) atoms. The van der Waals surface area contributed by atoms with Crippen LogP contribution in [0, 0.1) is 5.41 Å². The highest BCUT2D eigenvalue weighted by Crippen LogP contribution is 2.21. The van der Waals surface area contributed by atoms with E-state index in [1.54, 1.807) is 49.4 Å². The zero-order valence-corrected chi connectivity index (χ0v) is 18.1. The second kappa shape index (κ2) is 11.0. The molecule has 1 atom stereocenters. The Morgan fingerprint density at radius 3 is 2.67 bits per heavy atom. The lowest BCUT2D eigenvalue weighted by Gasteiger charge is -2.15. The van der Waals surface area contributed by atoms with Crippen LogP contribution >= 0.6 is 0 Å². The van der Waals surface area contributed by atoms with Crippen molar-refractivity contribution in [3.63, 3.8) is 0 Å². The van der Waals surface area contributed by atoms with E-state index < -0.39 is 16.1 Å². The smallest absolute Gasteiger partial charge is 0.232 e. The third-order valence-corrected chi connectivity index (χ3v) is 5.82. The predicted molar refractivity (Wildman–Crippen MR) is 121 cm³/mol. The summed E-state index contributed by atoms with van der Waals surface area (Å²) in [6.07, 6.45) is -0.171. The van der Waals surface area contributed by atoms with E-state index in [1.165, 1.54) is 0 Å². The number of hydrogen-bond acceptors (Lipinski definition) is 7. The highest BCUT2D eigenvalue weighted by Gasteiger charge is 2.11. The normalized spacial score (nSPS) is 12.4. The first-order chi connectivity index (χ1) is 14.3. The highest BCUT2D eigenvalue weighted by molar-refractivity contribution is 7.92. The summed E-state index contributed by atoms with van der Waals surface area (Å²) >= 11 is 0. The van der Waals surface area contributed by atoms with E-state index in [2.05, 4.69) is 10.0 Å². The SMILES string of the molecule is CCC(=N)c1ccc(OCCNC[C@H](O)c2cccc(NS(=O)(=O)CC)c2)cc1N. The van der Waals surface area contributed by atoms with Gasteiger partial charge in [-0.1, -0.05) is 19.1 Å². The third-order valence-electron chi connectivity index (χ3n) is 4.51. The Labute approximate surface area is 178 Å². The number of sulfonamides is 1. The van der Waals surface area contributed by atoms with Crippen molar-refractivity contribution in [1.29, 1.82) is 5.41 Å². The summed E-state index contributed by atoms with van der Waals surface area (Å²) in [5.74, 6) is 0.607. The maximum absolute atomic E-state index is 11.7. The van der Waals surface area contributed by atoms with Gasteiger partial charge < -0.3 is 26.3 Å². The second-order valence-corrected chi connectivity index (χ2v) is 8.79. The number of nitrogen functional groups attached to an aromatic ring is 1. The molecule has 0 aliphatic carbocycles. The molecule has 0 aliphatic rings. The van der Waals surface area contributed by atoms with Crippen LogP contribution in [0.15, 0.2) is 42.5 Å². The average molecular weight is 435 g/mol. The molecular formula is C21H30N4O4S. The molecular weight excluding hydrogens is 404 g/mol. The Bertz CT molecular complexity index is 963. The highest BCUT2D eigenvalue weighted by atomic mass is 32.2. The fourth-order valence-corrected chi connectivity index (χ4v) is 3.39. The van der Waals surface area contributed by atoms with Gasteiger partial charge in [0.1, 0.15) is 12.4 Å². The lowest BCUT2D eigenvalue weighted by molar-refractivity contribution is 0.172. The minimum Gasteiger partial charge on any atom is -0.492 e. The van der Waals surface area contributed by atoms with Gasteiger partial charge in [0.25, 0.3) is 0 Å². The molecule has 0 aliphatic heterocycles. The Hall–Kier alpha value is -2.62. The molecule has 0 aromatic heterocycles. The first kappa shape index (κ1) is 23.7. The number of benzene rings is 2. The van der Waals surface area contributed by atoms with E-state index in [-0.39, 0.29) is 5.75 Å². The van der Waals surface area contributed by atoms with Crippen LogP contribution in [0.2, 0.25) is 0 Å². The van der Waals surface area contributed by atoms with Crippen molar-refractivity contribution >= 4 is 27.1 Å². The molecule has 0 fully saturated rings. The maximum Gasteiger partial charge on any atom is 0.232 e. The van der Waals surface area contributed by atoms with Gasteiger partial charge in [0, 0.05) is 41.8 Å². The maximum atomic E-state index is 11.7. The van der Waals surface area contributed by atoms with E-state index in [1.807, 2.05) is 6.92 Å². The molecule has 0 radical (unpaired) electrons. The van der Waals surface area contributed by atoms with E-state index in [0.29, 0.717) is 54.5 Å². The van der Waals surface area contributed by atoms with Crippen molar-refractivity contribution in [2.75, 3.05) is 35.9 Å². The van der Waals surface area contributed by atoms with Crippen LogP contribution in [0.1, 0.15) is 37.5 Å². The summed E-state index contributed by atoms with van der Waals surface area (Å²) in [5, 5.41) is 21.3. The number of rotatable bonds is 12. The van der Waals surface area contributed by atoms with Gasteiger partial charge in [-0.3, -0.25) is 4.72 Å². The van der Waals surface area contributed by atoms with Gasteiger partial charge in [-0.25, -0.2) is 8.42 Å². The van der Waals surface area contributed by atoms with E-state index in [4.69, 9.17) is 15.9 Å². The summed E-state index contributed by atoms with van der Waals surface area (Å²) in [4.78, 5) is 0.